The summed E-state index contributed by atoms with van der Waals surface area (Å²) in [5.41, 5.74) is 2.59. The van der Waals surface area contributed by atoms with Crippen LogP contribution >= 0.6 is 0 Å². The Labute approximate surface area is 147 Å². The second-order valence-electron chi connectivity index (χ2n) is 5.34. The van der Waals surface area contributed by atoms with Gasteiger partial charge in [0.25, 0.3) is 6.47 Å². The van der Waals surface area contributed by atoms with Crippen LogP contribution in [0.15, 0.2) is 48.5 Å². The van der Waals surface area contributed by atoms with Gasteiger partial charge in [0.05, 0.1) is 25.4 Å². The van der Waals surface area contributed by atoms with Gasteiger partial charge in [-0.3, -0.25) is 4.79 Å². The van der Waals surface area contributed by atoms with Gasteiger partial charge >= 0.3 is 5.97 Å². The molecule has 0 aliphatic heterocycles. The molecule has 2 aromatic carbocycles. The minimum absolute atomic E-state index is 0.307. The Morgan fingerprint density at radius 2 is 1.52 bits per heavy atom. The van der Waals surface area contributed by atoms with Crippen molar-refractivity contribution in [1.29, 1.82) is 0 Å². The van der Waals surface area contributed by atoms with Crippen LogP contribution in [0.4, 0.5) is 0 Å². The third-order valence-corrected chi connectivity index (χ3v) is 3.58. The fraction of sp³-hybridized carbons (Fsp3) is 0.300. The van der Waals surface area contributed by atoms with Gasteiger partial charge < -0.3 is 14.2 Å². The number of esters is 1. The molecule has 0 saturated heterocycles. The van der Waals surface area contributed by atoms with E-state index in [1.807, 2.05) is 43.3 Å². The van der Waals surface area contributed by atoms with E-state index in [1.165, 1.54) is 0 Å². The normalized spacial score (nSPS) is 10.1. The van der Waals surface area contributed by atoms with Crippen molar-refractivity contribution in [1.82, 2.24) is 0 Å². The van der Waals surface area contributed by atoms with Crippen LogP contribution in [0.5, 0.6) is 5.75 Å². The maximum Gasteiger partial charge on any atom is 0.338 e. The maximum atomic E-state index is 12.0. The van der Waals surface area contributed by atoms with E-state index in [1.54, 1.807) is 12.1 Å². The van der Waals surface area contributed by atoms with Gasteiger partial charge in [-0.25, -0.2) is 4.79 Å². The van der Waals surface area contributed by atoms with Gasteiger partial charge in [-0.05, 0) is 55.2 Å². The zero-order chi connectivity index (χ0) is 17.9. The Hall–Kier alpha value is -2.82. The average molecular weight is 342 g/mol. The molecule has 0 N–H and O–H groups in total. The summed E-state index contributed by atoms with van der Waals surface area (Å²) >= 11 is 0. The molecule has 0 radical (unpaired) electrons. The summed E-state index contributed by atoms with van der Waals surface area (Å²) < 4.78 is 15.2. The van der Waals surface area contributed by atoms with E-state index in [0.29, 0.717) is 44.7 Å². The lowest BCUT2D eigenvalue weighted by molar-refractivity contribution is -0.128. The zero-order valence-corrected chi connectivity index (χ0v) is 14.3. The van der Waals surface area contributed by atoms with Crippen molar-refractivity contribution in [3.8, 4) is 16.9 Å². The molecule has 0 bridgehead atoms. The molecule has 0 spiro atoms. The minimum Gasteiger partial charge on any atom is -0.494 e. The van der Waals surface area contributed by atoms with Crippen molar-refractivity contribution in [2.24, 2.45) is 0 Å². The molecule has 2 rings (SSSR count). The largest absolute Gasteiger partial charge is 0.494 e. The van der Waals surface area contributed by atoms with Gasteiger partial charge in [-0.15, -0.1) is 0 Å². The highest BCUT2D eigenvalue weighted by Gasteiger charge is 2.07. The summed E-state index contributed by atoms with van der Waals surface area (Å²) in [6.45, 7) is 3.66. The smallest absolute Gasteiger partial charge is 0.338 e. The number of hydrogen-bond acceptors (Lipinski definition) is 5. The molecule has 0 amide bonds. The molecule has 25 heavy (non-hydrogen) atoms. The second-order valence-corrected chi connectivity index (χ2v) is 5.34. The van der Waals surface area contributed by atoms with Gasteiger partial charge in [0, 0.05) is 0 Å². The van der Waals surface area contributed by atoms with Crippen molar-refractivity contribution < 1.29 is 23.8 Å². The number of carbonyl (C=O) groups is 2. The van der Waals surface area contributed by atoms with Crippen LogP contribution in [0.25, 0.3) is 11.1 Å². The van der Waals surface area contributed by atoms with Crippen molar-refractivity contribution >= 4 is 12.4 Å². The van der Waals surface area contributed by atoms with E-state index in [-0.39, 0.29) is 5.97 Å². The van der Waals surface area contributed by atoms with E-state index in [4.69, 9.17) is 9.47 Å². The molecule has 5 heteroatoms. The molecular weight excluding hydrogens is 320 g/mol. The van der Waals surface area contributed by atoms with Crippen LogP contribution in [0.3, 0.4) is 0 Å². The fourth-order valence-corrected chi connectivity index (χ4v) is 2.29. The SMILES string of the molecule is CCOc1ccc(-c2ccc(C(=O)OCCCCOC=O)cc2)cc1. The first-order valence-electron chi connectivity index (χ1n) is 8.30. The van der Waals surface area contributed by atoms with Gasteiger partial charge in [0.15, 0.2) is 0 Å². The lowest BCUT2D eigenvalue weighted by Gasteiger charge is -2.07. The van der Waals surface area contributed by atoms with Crippen LogP contribution in [-0.2, 0) is 14.3 Å². The van der Waals surface area contributed by atoms with E-state index in [0.717, 1.165) is 16.9 Å². The predicted octanol–water partition coefficient (Wildman–Crippen LogP) is 3.86. The van der Waals surface area contributed by atoms with E-state index >= 15 is 0 Å². The lowest BCUT2D eigenvalue weighted by atomic mass is 10.0. The summed E-state index contributed by atoms with van der Waals surface area (Å²) in [4.78, 5) is 22.0. The molecule has 0 aromatic heterocycles. The molecule has 0 atom stereocenters. The summed E-state index contributed by atoms with van der Waals surface area (Å²) in [5, 5.41) is 0. The molecule has 0 unspecified atom stereocenters. The van der Waals surface area contributed by atoms with Gasteiger partial charge in [-0.2, -0.15) is 0 Å². The van der Waals surface area contributed by atoms with Crippen LogP contribution in [-0.4, -0.2) is 32.3 Å². The number of hydrogen-bond donors (Lipinski definition) is 0. The molecule has 5 nitrogen and oxygen atoms in total. The zero-order valence-electron chi connectivity index (χ0n) is 14.3. The topological polar surface area (TPSA) is 61.8 Å². The molecule has 0 aliphatic rings. The molecule has 2 aromatic rings. The third kappa shape index (κ3) is 5.95. The summed E-state index contributed by atoms with van der Waals surface area (Å²) in [6.07, 6.45) is 1.33. The minimum atomic E-state index is -0.352. The number of ether oxygens (including phenoxy) is 3. The Morgan fingerprint density at radius 3 is 2.12 bits per heavy atom. The highest BCUT2D eigenvalue weighted by Crippen LogP contribution is 2.23. The van der Waals surface area contributed by atoms with E-state index < -0.39 is 0 Å². The van der Waals surface area contributed by atoms with Crippen LogP contribution < -0.4 is 4.74 Å². The first kappa shape index (κ1) is 18.5. The molecule has 0 aliphatic carbocycles. The van der Waals surface area contributed by atoms with Crippen LogP contribution in [0, 0.1) is 0 Å². The molecule has 0 heterocycles. The number of carbonyl (C=O) groups excluding carboxylic acids is 2. The number of benzene rings is 2. The molecular formula is C20H22O5. The van der Waals surface area contributed by atoms with E-state index in [2.05, 4.69) is 4.74 Å². The second kappa shape index (κ2) is 10.1. The molecule has 0 saturated carbocycles. The van der Waals surface area contributed by atoms with Gasteiger partial charge in [0.2, 0.25) is 0 Å². The van der Waals surface area contributed by atoms with Crippen molar-refractivity contribution in [2.45, 2.75) is 19.8 Å². The maximum absolute atomic E-state index is 12.0. The standard InChI is InChI=1S/C20H22O5/c1-2-24-19-11-9-17(10-12-19)16-5-7-18(8-6-16)20(22)25-14-4-3-13-23-15-21/h5-12,15H,2-4,13-14H2,1H3. The van der Waals surface area contributed by atoms with Crippen molar-refractivity contribution in [3.05, 3.63) is 54.1 Å². The van der Waals surface area contributed by atoms with Crippen molar-refractivity contribution in [2.75, 3.05) is 19.8 Å². The van der Waals surface area contributed by atoms with E-state index in [9.17, 15) is 9.59 Å². The Kier molecular flexibility index (Phi) is 7.50. The first-order valence-corrected chi connectivity index (χ1v) is 8.30. The highest BCUT2D eigenvalue weighted by molar-refractivity contribution is 5.90. The summed E-state index contributed by atoms with van der Waals surface area (Å²) in [7, 11) is 0. The van der Waals surface area contributed by atoms with Crippen LogP contribution in [0.1, 0.15) is 30.1 Å². The van der Waals surface area contributed by atoms with Crippen molar-refractivity contribution in [3.63, 3.8) is 0 Å². The lowest BCUT2D eigenvalue weighted by Crippen LogP contribution is -2.07. The monoisotopic (exact) mass is 342 g/mol. The summed E-state index contributed by atoms with van der Waals surface area (Å²) in [6, 6.07) is 15.1. The Bertz CT molecular complexity index is 661. The quantitative estimate of drug-likeness (QED) is 0.373. The third-order valence-electron chi connectivity index (χ3n) is 3.58. The average Bonchev–Trinajstić information content (AvgIpc) is 2.65. The molecule has 0 fully saturated rings. The van der Waals surface area contributed by atoms with Crippen LogP contribution in [0.2, 0.25) is 0 Å². The Morgan fingerprint density at radius 1 is 0.920 bits per heavy atom. The highest BCUT2D eigenvalue weighted by atomic mass is 16.5. The molecule has 132 valence electrons. The number of rotatable bonds is 10. The number of unbranched alkanes of at least 4 members (excludes halogenated alkanes) is 1. The first-order chi connectivity index (χ1) is 12.2. The summed E-state index contributed by atoms with van der Waals surface area (Å²) in [5.74, 6) is 0.486. The van der Waals surface area contributed by atoms with Gasteiger partial charge in [-0.1, -0.05) is 24.3 Å². The fourth-order valence-electron chi connectivity index (χ4n) is 2.29. The van der Waals surface area contributed by atoms with Gasteiger partial charge in [0.1, 0.15) is 5.75 Å². The predicted molar refractivity (Wildman–Crippen MR) is 94.6 cm³/mol. The Balaban J connectivity index is 1.86.